The molecule has 0 radical (unpaired) electrons. The molecule has 6 heteroatoms. The molecule has 1 rings (SSSR count). The number of thiocarbonyl (C=S) groups is 1. The van der Waals surface area contributed by atoms with Gasteiger partial charge in [0.05, 0.1) is 23.6 Å². The molecule has 1 aliphatic rings. The Morgan fingerprint density at radius 2 is 1.70 bits per heavy atom. The summed E-state index contributed by atoms with van der Waals surface area (Å²) in [4.78, 5) is 14.8. The molecule has 0 spiro atoms. The Kier molecular flexibility index (Phi) is 7.40. The molecule has 0 aromatic heterocycles. The van der Waals surface area contributed by atoms with Crippen molar-refractivity contribution in [3.8, 4) is 0 Å². The Morgan fingerprint density at radius 3 is 2.00 bits per heavy atom. The van der Waals surface area contributed by atoms with Crippen molar-refractivity contribution in [3.05, 3.63) is 0 Å². The zero-order chi connectivity index (χ0) is 15.0. The second-order valence-electron chi connectivity index (χ2n) is 4.99. The fraction of sp³-hybridized carbons (Fsp3) is 0.857. The Hall–Kier alpha value is -0.720. The van der Waals surface area contributed by atoms with E-state index in [1.807, 2.05) is 13.8 Å². The van der Waals surface area contributed by atoms with Crippen LogP contribution in [-0.2, 0) is 14.3 Å². The summed E-state index contributed by atoms with van der Waals surface area (Å²) in [5.74, 6) is 0.0376. The Balaban J connectivity index is 2.64. The monoisotopic (exact) mass is 302 g/mol. The first-order valence-corrected chi connectivity index (χ1v) is 7.74. The molecule has 1 aliphatic carbocycles. The fourth-order valence-electron chi connectivity index (χ4n) is 2.35. The van der Waals surface area contributed by atoms with E-state index in [9.17, 15) is 4.79 Å². The first-order valence-electron chi connectivity index (χ1n) is 7.33. The summed E-state index contributed by atoms with van der Waals surface area (Å²) in [6.45, 7) is 7.35. The van der Waals surface area contributed by atoms with Crippen molar-refractivity contribution < 1.29 is 14.3 Å². The van der Waals surface area contributed by atoms with Crippen LogP contribution in [0.3, 0.4) is 0 Å². The zero-order valence-corrected chi connectivity index (χ0v) is 13.3. The normalized spacial score (nSPS) is 16.5. The number of hydrogen-bond donors (Lipinski definition) is 1. The van der Waals surface area contributed by atoms with Gasteiger partial charge in [-0.05, 0) is 26.7 Å². The topological polar surface area (TPSA) is 64.8 Å². The van der Waals surface area contributed by atoms with Crippen molar-refractivity contribution in [2.45, 2.75) is 33.1 Å². The van der Waals surface area contributed by atoms with Crippen LogP contribution in [-0.4, -0.2) is 55.3 Å². The highest BCUT2D eigenvalue weighted by Gasteiger charge is 2.48. The molecular weight excluding hydrogens is 276 g/mol. The molecule has 1 saturated carbocycles. The van der Waals surface area contributed by atoms with Gasteiger partial charge in [-0.1, -0.05) is 18.6 Å². The first-order chi connectivity index (χ1) is 9.58. The molecule has 1 fully saturated rings. The lowest BCUT2D eigenvalue weighted by Gasteiger charge is -2.42. The van der Waals surface area contributed by atoms with E-state index < -0.39 is 5.41 Å². The van der Waals surface area contributed by atoms with Crippen LogP contribution in [0.25, 0.3) is 0 Å². The first kappa shape index (κ1) is 17.3. The van der Waals surface area contributed by atoms with Crippen molar-refractivity contribution in [1.29, 1.82) is 0 Å². The maximum Gasteiger partial charge on any atom is 0.235 e. The lowest BCUT2D eigenvalue weighted by atomic mass is 9.67. The maximum absolute atomic E-state index is 12.7. The van der Waals surface area contributed by atoms with Crippen LogP contribution >= 0.6 is 12.2 Å². The highest BCUT2D eigenvalue weighted by atomic mass is 32.1. The van der Waals surface area contributed by atoms with Crippen molar-refractivity contribution in [1.82, 2.24) is 4.90 Å². The summed E-state index contributed by atoms with van der Waals surface area (Å²) in [5, 5.41) is 0. The minimum atomic E-state index is -0.617. The molecule has 0 heterocycles. The van der Waals surface area contributed by atoms with E-state index in [-0.39, 0.29) is 5.91 Å². The number of amides is 1. The molecule has 0 unspecified atom stereocenters. The van der Waals surface area contributed by atoms with Crippen LogP contribution in [0.15, 0.2) is 0 Å². The third kappa shape index (κ3) is 4.14. The summed E-state index contributed by atoms with van der Waals surface area (Å²) >= 11 is 5.11. The Bertz CT molecular complexity index is 322. The van der Waals surface area contributed by atoms with Gasteiger partial charge in [0.15, 0.2) is 0 Å². The molecule has 0 saturated heterocycles. The van der Waals surface area contributed by atoms with E-state index in [1.165, 1.54) is 0 Å². The van der Waals surface area contributed by atoms with Gasteiger partial charge in [-0.2, -0.15) is 0 Å². The lowest BCUT2D eigenvalue weighted by molar-refractivity contribution is -0.143. The van der Waals surface area contributed by atoms with Gasteiger partial charge in [-0.3, -0.25) is 4.79 Å². The molecule has 0 aliphatic heterocycles. The summed E-state index contributed by atoms with van der Waals surface area (Å²) in [5.41, 5.74) is 5.19. The van der Waals surface area contributed by atoms with E-state index >= 15 is 0 Å². The third-order valence-electron chi connectivity index (χ3n) is 3.79. The molecule has 0 bridgehead atoms. The summed E-state index contributed by atoms with van der Waals surface area (Å²) in [6, 6.07) is 0. The highest BCUT2D eigenvalue weighted by Crippen LogP contribution is 2.42. The van der Waals surface area contributed by atoms with Crippen molar-refractivity contribution in [2.24, 2.45) is 11.1 Å². The molecule has 0 aromatic carbocycles. The minimum absolute atomic E-state index is 0.0376. The van der Waals surface area contributed by atoms with Crippen LogP contribution in [0.4, 0.5) is 0 Å². The van der Waals surface area contributed by atoms with Crippen LogP contribution in [0.5, 0.6) is 0 Å². The SMILES string of the molecule is CCOCCN(CCOCC)C(=O)C1(C(N)=S)CCC1. The molecule has 20 heavy (non-hydrogen) atoms. The Labute approximate surface area is 126 Å². The lowest BCUT2D eigenvalue weighted by Crippen LogP contribution is -2.55. The maximum atomic E-state index is 12.7. The largest absolute Gasteiger partial charge is 0.392 e. The van der Waals surface area contributed by atoms with Gasteiger partial charge in [-0.15, -0.1) is 0 Å². The zero-order valence-electron chi connectivity index (χ0n) is 12.5. The van der Waals surface area contributed by atoms with E-state index in [4.69, 9.17) is 27.4 Å². The van der Waals surface area contributed by atoms with Gasteiger partial charge in [0.1, 0.15) is 0 Å². The number of ether oxygens (including phenoxy) is 2. The smallest absolute Gasteiger partial charge is 0.235 e. The standard InChI is InChI=1S/C14H26N2O3S/c1-3-18-10-8-16(9-11-19-4-2)13(17)14(12(15)20)6-5-7-14/h3-11H2,1-2H3,(H2,15,20). The molecule has 5 nitrogen and oxygen atoms in total. The van der Waals surface area contributed by atoms with Crippen molar-refractivity contribution in [3.63, 3.8) is 0 Å². The second kappa shape index (κ2) is 8.54. The van der Waals surface area contributed by atoms with E-state index in [0.29, 0.717) is 44.5 Å². The number of rotatable bonds is 10. The van der Waals surface area contributed by atoms with Gasteiger partial charge >= 0.3 is 0 Å². The second-order valence-corrected chi connectivity index (χ2v) is 5.43. The van der Waals surface area contributed by atoms with Crippen LogP contribution in [0, 0.1) is 5.41 Å². The van der Waals surface area contributed by atoms with Crippen LogP contribution in [0.1, 0.15) is 33.1 Å². The molecule has 0 atom stereocenters. The highest BCUT2D eigenvalue weighted by molar-refractivity contribution is 7.80. The average Bonchev–Trinajstić information content (AvgIpc) is 2.35. The van der Waals surface area contributed by atoms with Crippen molar-refractivity contribution >= 4 is 23.1 Å². The Morgan fingerprint density at radius 1 is 1.20 bits per heavy atom. The van der Waals surface area contributed by atoms with Crippen LogP contribution in [0.2, 0.25) is 0 Å². The number of carbonyl (C=O) groups excluding carboxylic acids is 1. The number of hydrogen-bond acceptors (Lipinski definition) is 4. The predicted molar refractivity (Wildman–Crippen MR) is 82.6 cm³/mol. The molecule has 2 N–H and O–H groups in total. The minimum Gasteiger partial charge on any atom is -0.392 e. The number of nitrogens with zero attached hydrogens (tertiary/aromatic N) is 1. The predicted octanol–water partition coefficient (Wildman–Crippen LogP) is 1.34. The van der Waals surface area contributed by atoms with E-state index in [1.54, 1.807) is 4.90 Å². The van der Waals surface area contributed by atoms with Gasteiger partial charge in [0, 0.05) is 26.3 Å². The quantitative estimate of drug-likeness (QED) is 0.487. The number of carbonyl (C=O) groups is 1. The molecular formula is C14H26N2O3S. The molecule has 0 aromatic rings. The van der Waals surface area contributed by atoms with Gasteiger partial charge in [-0.25, -0.2) is 0 Å². The van der Waals surface area contributed by atoms with Crippen LogP contribution < -0.4 is 5.73 Å². The molecule has 1 amide bonds. The fourth-order valence-corrected chi connectivity index (χ4v) is 2.64. The van der Waals surface area contributed by atoms with E-state index in [2.05, 4.69) is 0 Å². The third-order valence-corrected chi connectivity index (χ3v) is 4.19. The van der Waals surface area contributed by atoms with E-state index in [0.717, 1.165) is 19.3 Å². The number of nitrogens with two attached hydrogens (primary N) is 1. The van der Waals surface area contributed by atoms with Gasteiger partial charge < -0.3 is 20.1 Å². The molecule has 116 valence electrons. The summed E-state index contributed by atoms with van der Waals surface area (Å²) in [7, 11) is 0. The summed E-state index contributed by atoms with van der Waals surface area (Å²) < 4.78 is 10.7. The average molecular weight is 302 g/mol. The van der Waals surface area contributed by atoms with Gasteiger partial charge in [0.25, 0.3) is 0 Å². The van der Waals surface area contributed by atoms with Crippen molar-refractivity contribution in [2.75, 3.05) is 39.5 Å². The van der Waals surface area contributed by atoms with Gasteiger partial charge in [0.2, 0.25) is 5.91 Å². The summed E-state index contributed by atoms with van der Waals surface area (Å²) in [6.07, 6.45) is 2.54.